The Kier molecular flexibility index (Phi) is 8.29. The summed E-state index contributed by atoms with van der Waals surface area (Å²) < 4.78 is 5.06. The van der Waals surface area contributed by atoms with Crippen molar-refractivity contribution in [3.63, 3.8) is 0 Å². The van der Waals surface area contributed by atoms with Crippen molar-refractivity contribution in [3.05, 3.63) is 15.8 Å². The number of methoxy groups -OCH3 is 1. The second kappa shape index (κ2) is 10.8. The molecule has 1 aliphatic carbocycles. The Morgan fingerprint density at radius 3 is 2.26 bits per heavy atom. The highest BCUT2D eigenvalue weighted by molar-refractivity contribution is 7.15. The van der Waals surface area contributed by atoms with E-state index >= 15 is 0 Å². The SMILES string of the molecule is COC(=O)c1sc(C#CC(C)(C)C)cc1N(C(=O)[C@H]1CC[C@H](C)CC1)C1CCN(C(=O)O)CC1. The zero-order chi connectivity index (χ0) is 25.0. The van der Waals surface area contributed by atoms with Gasteiger partial charge in [0.05, 0.1) is 17.7 Å². The van der Waals surface area contributed by atoms with Gasteiger partial charge in [-0.2, -0.15) is 0 Å². The fraction of sp³-hybridized carbons (Fsp3) is 0.654. The van der Waals surface area contributed by atoms with Crippen molar-refractivity contribution < 1.29 is 24.2 Å². The van der Waals surface area contributed by atoms with Crippen LogP contribution in [0.2, 0.25) is 0 Å². The van der Waals surface area contributed by atoms with Gasteiger partial charge in [-0.1, -0.05) is 18.8 Å². The molecule has 0 aromatic carbocycles. The summed E-state index contributed by atoms with van der Waals surface area (Å²) in [6.07, 6.45) is 3.80. The number of rotatable bonds is 4. The van der Waals surface area contributed by atoms with E-state index in [0.717, 1.165) is 25.7 Å². The zero-order valence-corrected chi connectivity index (χ0v) is 21.7. The maximum absolute atomic E-state index is 13.9. The van der Waals surface area contributed by atoms with Crippen LogP contribution in [0.1, 0.15) is 80.8 Å². The van der Waals surface area contributed by atoms with E-state index in [1.165, 1.54) is 23.3 Å². The third kappa shape index (κ3) is 6.32. The lowest BCUT2D eigenvalue weighted by molar-refractivity contribution is -0.124. The number of carboxylic acid groups (broad SMARTS) is 1. The first kappa shape index (κ1) is 26.1. The molecule has 34 heavy (non-hydrogen) atoms. The van der Waals surface area contributed by atoms with Gasteiger partial charge < -0.3 is 19.6 Å². The van der Waals surface area contributed by atoms with Crippen LogP contribution in [0, 0.1) is 29.1 Å². The van der Waals surface area contributed by atoms with E-state index in [9.17, 15) is 19.5 Å². The van der Waals surface area contributed by atoms with Crippen LogP contribution in [-0.4, -0.2) is 54.2 Å². The fourth-order valence-corrected chi connectivity index (χ4v) is 5.55. The standard InChI is InChI=1S/C26H36N2O5S/c1-17-6-8-18(9-7-17)23(29)28(19-11-14-27(15-12-19)25(31)32)21-16-20(10-13-26(2,3)4)34-22(21)24(30)33-5/h16-19H,6-9,11-12,14-15H2,1-5H3,(H,31,32)/t17-,18-. The van der Waals surface area contributed by atoms with Crippen LogP contribution in [-0.2, 0) is 9.53 Å². The minimum Gasteiger partial charge on any atom is -0.465 e. The molecule has 1 aromatic heterocycles. The van der Waals surface area contributed by atoms with Crippen molar-refractivity contribution in [1.82, 2.24) is 4.90 Å². The quantitative estimate of drug-likeness (QED) is 0.463. The Hall–Kier alpha value is -2.53. The average molecular weight is 489 g/mol. The average Bonchev–Trinajstić information content (AvgIpc) is 3.21. The van der Waals surface area contributed by atoms with Crippen molar-refractivity contribution in [2.75, 3.05) is 25.1 Å². The van der Waals surface area contributed by atoms with E-state index in [-0.39, 0.29) is 23.3 Å². The highest BCUT2D eigenvalue weighted by Gasteiger charge is 2.37. The second-order valence-electron chi connectivity index (χ2n) is 10.5. The largest absolute Gasteiger partial charge is 0.465 e. The molecule has 0 radical (unpaired) electrons. The fourth-order valence-electron chi connectivity index (χ4n) is 4.62. The molecule has 0 atom stereocenters. The molecule has 1 saturated heterocycles. The number of piperidine rings is 1. The number of carbonyl (C=O) groups is 3. The lowest BCUT2D eigenvalue weighted by Crippen LogP contribution is -2.51. The third-order valence-electron chi connectivity index (χ3n) is 6.61. The molecule has 2 fully saturated rings. The lowest BCUT2D eigenvalue weighted by atomic mass is 9.82. The number of ether oxygens (including phenoxy) is 1. The normalized spacial score (nSPS) is 21.4. The van der Waals surface area contributed by atoms with E-state index in [1.807, 2.05) is 26.8 Å². The number of hydrogen-bond donors (Lipinski definition) is 1. The number of hydrogen-bond acceptors (Lipinski definition) is 5. The highest BCUT2D eigenvalue weighted by Crippen LogP contribution is 2.38. The number of anilines is 1. The predicted molar refractivity (Wildman–Crippen MR) is 133 cm³/mol. The van der Waals surface area contributed by atoms with Crippen LogP contribution in [0.5, 0.6) is 0 Å². The zero-order valence-electron chi connectivity index (χ0n) is 20.8. The van der Waals surface area contributed by atoms with Gasteiger partial charge in [-0.25, -0.2) is 9.59 Å². The number of carbonyl (C=O) groups excluding carboxylic acids is 2. The molecule has 0 spiro atoms. The van der Waals surface area contributed by atoms with Gasteiger partial charge in [-0.15, -0.1) is 11.3 Å². The number of thiophene rings is 1. The summed E-state index contributed by atoms with van der Waals surface area (Å²) >= 11 is 1.25. The van der Waals surface area contributed by atoms with Crippen molar-refractivity contribution >= 4 is 35.0 Å². The summed E-state index contributed by atoms with van der Waals surface area (Å²) in [6.45, 7) is 9.00. The van der Waals surface area contributed by atoms with Crippen LogP contribution >= 0.6 is 11.3 Å². The molecule has 8 heteroatoms. The molecule has 2 aliphatic rings. The molecule has 1 aromatic rings. The van der Waals surface area contributed by atoms with E-state index in [0.29, 0.717) is 47.3 Å². The summed E-state index contributed by atoms with van der Waals surface area (Å²) in [5.41, 5.74) is 0.348. The second-order valence-corrected chi connectivity index (χ2v) is 11.5. The minimum absolute atomic E-state index is 0.0268. The van der Waals surface area contributed by atoms with Crippen LogP contribution in [0.3, 0.4) is 0 Å². The van der Waals surface area contributed by atoms with Crippen molar-refractivity contribution in [2.45, 2.75) is 72.3 Å². The van der Waals surface area contributed by atoms with E-state index < -0.39 is 12.1 Å². The summed E-state index contributed by atoms with van der Waals surface area (Å²) in [5.74, 6) is 6.43. The van der Waals surface area contributed by atoms with Crippen LogP contribution in [0.15, 0.2) is 6.07 Å². The van der Waals surface area contributed by atoms with Crippen molar-refractivity contribution in [2.24, 2.45) is 17.3 Å². The summed E-state index contributed by atoms with van der Waals surface area (Å²) in [7, 11) is 1.34. The van der Waals surface area contributed by atoms with E-state index in [1.54, 1.807) is 4.90 Å². The maximum atomic E-state index is 13.9. The van der Waals surface area contributed by atoms with Crippen molar-refractivity contribution in [3.8, 4) is 11.8 Å². The topological polar surface area (TPSA) is 87.2 Å². The number of esters is 1. The Bertz CT molecular complexity index is 968. The molecule has 0 unspecified atom stereocenters. The summed E-state index contributed by atoms with van der Waals surface area (Å²) in [6, 6.07) is 1.66. The molecule has 2 amide bonds. The van der Waals surface area contributed by atoms with E-state index in [4.69, 9.17) is 4.74 Å². The molecule has 186 valence electrons. The number of amides is 2. The lowest BCUT2D eigenvalue weighted by Gasteiger charge is -2.40. The molecule has 7 nitrogen and oxygen atoms in total. The smallest absolute Gasteiger partial charge is 0.407 e. The molecule has 3 rings (SSSR count). The number of likely N-dealkylation sites (tertiary alicyclic amines) is 1. The Morgan fingerprint density at radius 2 is 1.74 bits per heavy atom. The first-order valence-corrected chi connectivity index (χ1v) is 12.9. The van der Waals surface area contributed by atoms with Gasteiger partial charge in [0, 0.05) is 30.5 Å². The van der Waals surface area contributed by atoms with Crippen LogP contribution in [0.25, 0.3) is 0 Å². The molecular weight excluding hydrogens is 452 g/mol. The van der Waals surface area contributed by atoms with Gasteiger partial charge in [0.1, 0.15) is 4.88 Å². The third-order valence-corrected chi connectivity index (χ3v) is 7.63. The van der Waals surface area contributed by atoms with Gasteiger partial charge in [0.2, 0.25) is 5.91 Å². The molecule has 2 heterocycles. The first-order chi connectivity index (χ1) is 16.0. The molecule has 0 bridgehead atoms. The number of nitrogens with zero attached hydrogens (tertiary/aromatic N) is 2. The Balaban J connectivity index is 2.01. The van der Waals surface area contributed by atoms with E-state index in [2.05, 4.69) is 18.8 Å². The first-order valence-electron chi connectivity index (χ1n) is 12.1. The highest BCUT2D eigenvalue weighted by atomic mass is 32.1. The predicted octanol–water partition coefficient (Wildman–Crippen LogP) is 5.23. The van der Waals surface area contributed by atoms with Gasteiger partial charge >= 0.3 is 12.1 Å². The Morgan fingerprint density at radius 1 is 1.12 bits per heavy atom. The van der Waals surface area contributed by atoms with Crippen molar-refractivity contribution in [1.29, 1.82) is 0 Å². The monoisotopic (exact) mass is 488 g/mol. The van der Waals surface area contributed by atoms with Gasteiger partial charge in [-0.3, -0.25) is 4.79 Å². The molecular formula is C26H36N2O5S. The Labute approximate surface area is 206 Å². The minimum atomic E-state index is -0.942. The molecule has 1 N–H and O–H groups in total. The van der Waals surface area contributed by atoms with Gasteiger partial charge in [0.15, 0.2) is 0 Å². The summed E-state index contributed by atoms with van der Waals surface area (Å²) in [4.78, 5) is 42.3. The van der Waals surface area contributed by atoms with Gasteiger partial charge in [-0.05, 0) is 71.3 Å². The van der Waals surface area contributed by atoms with Crippen LogP contribution < -0.4 is 4.90 Å². The molecule has 1 aliphatic heterocycles. The van der Waals surface area contributed by atoms with Crippen LogP contribution in [0.4, 0.5) is 10.5 Å². The maximum Gasteiger partial charge on any atom is 0.407 e. The molecule has 1 saturated carbocycles. The summed E-state index contributed by atoms with van der Waals surface area (Å²) in [5, 5.41) is 9.37. The van der Waals surface area contributed by atoms with Gasteiger partial charge in [0.25, 0.3) is 0 Å².